The molecule has 0 spiro atoms. The van der Waals surface area contributed by atoms with Crippen LogP contribution in [0.1, 0.15) is 6.23 Å². The molecule has 3 rings (SSSR count). The van der Waals surface area contributed by atoms with Gasteiger partial charge in [-0.1, -0.05) is 0 Å². The number of nitrogens with zero attached hydrogens (tertiary/aromatic N) is 1. The Kier molecular flexibility index (Phi) is 3.16. The van der Waals surface area contributed by atoms with Crippen molar-refractivity contribution in [1.29, 1.82) is 0 Å². The van der Waals surface area contributed by atoms with Crippen LogP contribution < -0.4 is 11.2 Å². The molecule has 110 valence electrons. The number of aliphatic hydroxyl groups excluding tert-OH is 1. The average Bonchev–Trinajstić information content (AvgIpc) is 2.83. The zero-order chi connectivity index (χ0) is 14.5. The largest absolute Gasteiger partial charge is 0.473 e. The van der Waals surface area contributed by atoms with Gasteiger partial charge in [-0.2, -0.15) is 0 Å². The van der Waals surface area contributed by atoms with Crippen LogP contribution in [-0.2, 0) is 18.3 Å². The summed E-state index contributed by atoms with van der Waals surface area (Å²) in [4.78, 5) is 34.1. The standard InChI is InChI=1S/C9H11N2O8P/c12-3-4-6-7(19-20(15,16)18-6)8(17-4)11-2-1-5(13)10-9(11)14/h1-2,4,6-8,12H,3H2,(H,15,16)(H,10,13,14). The van der Waals surface area contributed by atoms with E-state index in [1.807, 2.05) is 4.98 Å². The van der Waals surface area contributed by atoms with Crippen LogP contribution in [0.4, 0.5) is 0 Å². The van der Waals surface area contributed by atoms with Gasteiger partial charge in [-0.05, 0) is 0 Å². The summed E-state index contributed by atoms with van der Waals surface area (Å²) in [5.74, 6) is 0. The second-order valence-electron chi connectivity index (χ2n) is 4.37. The van der Waals surface area contributed by atoms with Gasteiger partial charge < -0.3 is 14.7 Å². The molecular formula is C9H11N2O8P. The molecule has 1 aromatic heterocycles. The second-order valence-corrected chi connectivity index (χ2v) is 5.73. The number of hydrogen-bond donors (Lipinski definition) is 3. The Bertz CT molecular complexity index is 683. The van der Waals surface area contributed by atoms with Gasteiger partial charge in [-0.3, -0.25) is 23.4 Å². The van der Waals surface area contributed by atoms with E-state index >= 15 is 0 Å². The topological polar surface area (TPSA) is 140 Å². The van der Waals surface area contributed by atoms with Crippen molar-refractivity contribution in [3.05, 3.63) is 33.1 Å². The van der Waals surface area contributed by atoms with E-state index in [1.54, 1.807) is 0 Å². The second kappa shape index (κ2) is 4.62. The van der Waals surface area contributed by atoms with Crippen molar-refractivity contribution < 1.29 is 28.3 Å². The highest BCUT2D eigenvalue weighted by Crippen LogP contribution is 2.58. The third-order valence-corrected chi connectivity index (χ3v) is 4.12. The number of aliphatic hydroxyl groups is 1. The van der Waals surface area contributed by atoms with Gasteiger partial charge in [0, 0.05) is 12.3 Å². The Hall–Kier alpha value is -1.29. The predicted molar refractivity (Wildman–Crippen MR) is 61.9 cm³/mol. The lowest BCUT2D eigenvalue weighted by molar-refractivity contribution is -0.0624. The molecular weight excluding hydrogens is 295 g/mol. The first-order valence-electron chi connectivity index (χ1n) is 5.69. The maximum Gasteiger partial charge on any atom is 0.473 e. The van der Waals surface area contributed by atoms with E-state index in [2.05, 4.69) is 0 Å². The summed E-state index contributed by atoms with van der Waals surface area (Å²) in [5, 5.41) is 9.18. The van der Waals surface area contributed by atoms with Crippen molar-refractivity contribution >= 4 is 7.82 Å². The zero-order valence-electron chi connectivity index (χ0n) is 9.91. The maximum atomic E-state index is 11.7. The minimum Gasteiger partial charge on any atom is -0.394 e. The van der Waals surface area contributed by atoms with Gasteiger partial charge >= 0.3 is 13.5 Å². The molecule has 0 bridgehead atoms. The molecule has 11 heteroatoms. The summed E-state index contributed by atoms with van der Waals surface area (Å²) in [7, 11) is -4.23. The van der Waals surface area contributed by atoms with Crippen LogP contribution in [0.2, 0.25) is 0 Å². The first kappa shape index (κ1) is 13.7. The van der Waals surface area contributed by atoms with Crippen molar-refractivity contribution in [2.45, 2.75) is 24.5 Å². The third-order valence-electron chi connectivity index (χ3n) is 3.10. The first-order chi connectivity index (χ1) is 9.41. The molecule has 10 nitrogen and oxygen atoms in total. The molecule has 5 unspecified atom stereocenters. The van der Waals surface area contributed by atoms with E-state index in [4.69, 9.17) is 13.8 Å². The molecule has 2 fully saturated rings. The highest BCUT2D eigenvalue weighted by Gasteiger charge is 2.57. The lowest BCUT2D eigenvalue weighted by Gasteiger charge is -2.18. The Labute approximate surface area is 111 Å². The summed E-state index contributed by atoms with van der Waals surface area (Å²) < 4.78 is 27.5. The monoisotopic (exact) mass is 306 g/mol. The Balaban J connectivity index is 2.00. The van der Waals surface area contributed by atoms with Crippen LogP contribution >= 0.6 is 7.82 Å². The summed E-state index contributed by atoms with van der Waals surface area (Å²) in [6.07, 6.45) is -2.82. The lowest BCUT2D eigenvalue weighted by atomic mass is 10.1. The van der Waals surface area contributed by atoms with E-state index in [1.165, 1.54) is 6.20 Å². The van der Waals surface area contributed by atoms with Gasteiger partial charge in [0.25, 0.3) is 5.56 Å². The van der Waals surface area contributed by atoms with Crippen LogP contribution in [0.5, 0.6) is 0 Å². The molecule has 2 saturated heterocycles. The molecule has 2 aliphatic heterocycles. The molecule has 1 aromatic rings. The average molecular weight is 306 g/mol. The summed E-state index contributed by atoms with van der Waals surface area (Å²) in [6.45, 7) is -0.473. The fourth-order valence-electron chi connectivity index (χ4n) is 2.28. The molecule has 20 heavy (non-hydrogen) atoms. The summed E-state index contributed by atoms with van der Waals surface area (Å²) in [5.41, 5.74) is -1.35. The minimum absolute atomic E-state index is 0.473. The normalized spacial score (nSPS) is 39.9. The number of aromatic amines is 1. The highest BCUT2D eigenvalue weighted by molar-refractivity contribution is 7.47. The number of phosphoric ester groups is 1. The number of phosphoric acid groups is 1. The van der Waals surface area contributed by atoms with Crippen LogP contribution in [-0.4, -0.2) is 44.5 Å². The van der Waals surface area contributed by atoms with Gasteiger partial charge in [0.05, 0.1) is 6.61 Å². The number of ether oxygens (including phenoxy) is 1. The van der Waals surface area contributed by atoms with E-state index in [-0.39, 0.29) is 0 Å². The van der Waals surface area contributed by atoms with Crippen molar-refractivity contribution in [2.24, 2.45) is 0 Å². The Morgan fingerprint density at radius 2 is 2.05 bits per heavy atom. The summed E-state index contributed by atoms with van der Waals surface area (Å²) in [6, 6.07) is 1.10. The van der Waals surface area contributed by atoms with Crippen LogP contribution in [0.3, 0.4) is 0 Å². The molecule has 0 saturated carbocycles. The fraction of sp³-hybridized carbons (Fsp3) is 0.556. The van der Waals surface area contributed by atoms with Gasteiger partial charge in [0.15, 0.2) is 6.23 Å². The predicted octanol–water partition coefficient (Wildman–Crippen LogP) is -1.69. The molecule has 2 aliphatic rings. The maximum absolute atomic E-state index is 11.7. The van der Waals surface area contributed by atoms with Crippen molar-refractivity contribution in [3.8, 4) is 0 Å². The van der Waals surface area contributed by atoms with E-state index in [9.17, 15) is 24.2 Å². The van der Waals surface area contributed by atoms with E-state index < -0.39 is 50.2 Å². The van der Waals surface area contributed by atoms with Gasteiger partial charge in [-0.25, -0.2) is 9.36 Å². The quantitative estimate of drug-likeness (QED) is 0.550. The van der Waals surface area contributed by atoms with E-state index in [0.717, 1.165) is 10.6 Å². The lowest BCUT2D eigenvalue weighted by Crippen LogP contribution is -2.36. The number of hydrogen-bond acceptors (Lipinski definition) is 7. The van der Waals surface area contributed by atoms with Crippen LogP contribution in [0.25, 0.3) is 0 Å². The number of aromatic nitrogens is 2. The van der Waals surface area contributed by atoms with Gasteiger partial charge in [0.1, 0.15) is 18.3 Å². The minimum atomic E-state index is -4.23. The molecule has 3 N–H and O–H groups in total. The van der Waals surface area contributed by atoms with Crippen molar-refractivity contribution in [2.75, 3.05) is 6.61 Å². The highest BCUT2D eigenvalue weighted by atomic mass is 31.2. The number of rotatable bonds is 2. The smallest absolute Gasteiger partial charge is 0.394 e. The number of fused-ring (bicyclic) bond motifs is 1. The molecule has 0 aromatic carbocycles. The summed E-state index contributed by atoms with van der Waals surface area (Å²) >= 11 is 0. The van der Waals surface area contributed by atoms with Gasteiger partial charge in [-0.15, -0.1) is 0 Å². The SMILES string of the molecule is O=c1ccn(C2OC(CO)C3OP(=O)(O)OC32)c(=O)[nH]1. The van der Waals surface area contributed by atoms with Gasteiger partial charge in [0.2, 0.25) is 0 Å². The number of nitrogens with one attached hydrogen (secondary N) is 1. The zero-order valence-corrected chi connectivity index (χ0v) is 10.8. The van der Waals surface area contributed by atoms with Crippen molar-refractivity contribution in [1.82, 2.24) is 9.55 Å². The van der Waals surface area contributed by atoms with Crippen molar-refractivity contribution in [3.63, 3.8) is 0 Å². The Morgan fingerprint density at radius 1 is 1.35 bits per heavy atom. The molecule has 3 heterocycles. The fourth-order valence-corrected chi connectivity index (χ4v) is 3.42. The van der Waals surface area contributed by atoms with Crippen LogP contribution in [0, 0.1) is 0 Å². The molecule has 5 atom stereocenters. The molecule has 0 amide bonds. The van der Waals surface area contributed by atoms with E-state index in [0.29, 0.717) is 0 Å². The first-order valence-corrected chi connectivity index (χ1v) is 7.18. The number of H-pyrrole nitrogens is 1. The molecule has 0 radical (unpaired) electrons. The van der Waals surface area contributed by atoms with Crippen LogP contribution in [0.15, 0.2) is 21.9 Å². The molecule has 0 aliphatic carbocycles. The Morgan fingerprint density at radius 3 is 2.70 bits per heavy atom. The third kappa shape index (κ3) is 2.16.